The number of rotatable bonds is 6. The summed E-state index contributed by atoms with van der Waals surface area (Å²) in [7, 11) is 1.32. The van der Waals surface area contributed by atoms with Crippen LogP contribution in [-0.4, -0.2) is 43.2 Å². The maximum Gasteiger partial charge on any atom is 0.413 e. The quantitative estimate of drug-likeness (QED) is 0.714. The molecule has 0 aromatic rings. The summed E-state index contributed by atoms with van der Waals surface area (Å²) in [6.45, 7) is 3.57. The lowest BCUT2D eigenvalue weighted by molar-refractivity contribution is -0.144. The summed E-state index contributed by atoms with van der Waals surface area (Å²) in [5, 5.41) is 2.06. The van der Waals surface area contributed by atoms with Gasteiger partial charge in [-0.25, -0.2) is 4.79 Å². The van der Waals surface area contributed by atoms with Gasteiger partial charge in [0.15, 0.2) is 0 Å². The number of carbonyl (C=O) groups is 3. The van der Waals surface area contributed by atoms with E-state index in [2.05, 4.69) is 14.8 Å². The molecule has 0 aliphatic heterocycles. The zero-order valence-corrected chi connectivity index (χ0v) is 11.0. The van der Waals surface area contributed by atoms with E-state index >= 15 is 0 Å². The molecule has 0 aliphatic rings. The van der Waals surface area contributed by atoms with Crippen LogP contribution in [0, 0.1) is 5.92 Å². The maximum absolute atomic E-state index is 11.2. The van der Waals surface area contributed by atoms with Gasteiger partial charge in [0.05, 0.1) is 25.4 Å². The Morgan fingerprint density at radius 2 is 2.00 bits per heavy atom. The summed E-state index contributed by atoms with van der Waals surface area (Å²) < 4.78 is 9.08. The maximum atomic E-state index is 11.2. The van der Waals surface area contributed by atoms with E-state index in [4.69, 9.17) is 0 Å². The zero-order chi connectivity index (χ0) is 13.3. The summed E-state index contributed by atoms with van der Waals surface area (Å²) in [6, 6.07) is 0. The van der Waals surface area contributed by atoms with Crippen LogP contribution in [0.1, 0.15) is 13.8 Å². The van der Waals surface area contributed by atoms with Crippen LogP contribution in [0.15, 0.2) is 0 Å². The molecule has 17 heavy (non-hydrogen) atoms. The smallest absolute Gasteiger partial charge is 0.413 e. The molecule has 1 unspecified atom stereocenters. The Labute approximate surface area is 104 Å². The minimum absolute atomic E-state index is 0.0974. The number of amides is 2. The fraction of sp³-hybridized carbons (Fsp3) is 0.700. The first-order valence-electron chi connectivity index (χ1n) is 5.13. The van der Waals surface area contributed by atoms with Gasteiger partial charge in [0, 0.05) is 5.75 Å². The van der Waals surface area contributed by atoms with E-state index in [-0.39, 0.29) is 24.2 Å². The molecule has 0 saturated heterocycles. The number of thioether (sulfide) groups is 1. The summed E-state index contributed by atoms with van der Waals surface area (Å²) in [5.74, 6) is -0.475. The number of methoxy groups -OCH3 is 1. The summed E-state index contributed by atoms with van der Waals surface area (Å²) in [5.41, 5.74) is 0. The second kappa shape index (κ2) is 8.86. The van der Waals surface area contributed by atoms with Crippen molar-refractivity contribution in [2.24, 2.45) is 5.92 Å². The van der Waals surface area contributed by atoms with Crippen molar-refractivity contribution >= 4 is 29.7 Å². The molecule has 1 N–H and O–H groups in total. The van der Waals surface area contributed by atoms with Crippen LogP contribution in [0.25, 0.3) is 0 Å². The number of esters is 1. The van der Waals surface area contributed by atoms with Gasteiger partial charge in [-0.1, -0.05) is 6.92 Å². The Hall–Kier alpha value is -1.24. The topological polar surface area (TPSA) is 81.7 Å². The Kier molecular flexibility index (Phi) is 8.21. The van der Waals surface area contributed by atoms with Crippen LogP contribution >= 0.6 is 11.8 Å². The fourth-order valence-corrected chi connectivity index (χ4v) is 1.78. The first-order valence-corrected chi connectivity index (χ1v) is 6.28. The second-order valence-electron chi connectivity index (χ2n) is 3.21. The molecule has 0 spiro atoms. The molecule has 1 atom stereocenters. The number of hydrogen-bond donors (Lipinski definition) is 1. The minimum Gasteiger partial charge on any atom is -0.469 e. The van der Waals surface area contributed by atoms with E-state index in [1.54, 1.807) is 13.8 Å². The molecule has 0 aliphatic carbocycles. The van der Waals surface area contributed by atoms with Gasteiger partial charge in [0.1, 0.15) is 0 Å². The Balaban J connectivity index is 3.71. The largest absolute Gasteiger partial charge is 0.469 e. The van der Waals surface area contributed by atoms with Crippen molar-refractivity contribution in [1.82, 2.24) is 5.32 Å². The monoisotopic (exact) mass is 263 g/mol. The molecule has 0 saturated carbocycles. The highest BCUT2D eigenvalue weighted by molar-refractivity contribution is 7.99. The molecular formula is C10H17NO5S. The van der Waals surface area contributed by atoms with Crippen LogP contribution in [0.2, 0.25) is 0 Å². The lowest BCUT2D eigenvalue weighted by atomic mass is 10.2. The van der Waals surface area contributed by atoms with Crippen molar-refractivity contribution in [1.29, 1.82) is 0 Å². The van der Waals surface area contributed by atoms with E-state index < -0.39 is 12.0 Å². The van der Waals surface area contributed by atoms with Crippen molar-refractivity contribution < 1.29 is 23.9 Å². The zero-order valence-electron chi connectivity index (χ0n) is 10.1. The average Bonchev–Trinajstić information content (AvgIpc) is 2.27. The Bertz CT molecular complexity index is 282. The van der Waals surface area contributed by atoms with Gasteiger partial charge in [-0.15, -0.1) is 0 Å². The highest BCUT2D eigenvalue weighted by Crippen LogP contribution is 2.09. The molecule has 0 heterocycles. The van der Waals surface area contributed by atoms with Crippen molar-refractivity contribution in [2.45, 2.75) is 13.8 Å². The van der Waals surface area contributed by atoms with Gasteiger partial charge < -0.3 is 9.47 Å². The number of hydrogen-bond acceptors (Lipinski definition) is 6. The van der Waals surface area contributed by atoms with Crippen LogP contribution in [0.5, 0.6) is 0 Å². The summed E-state index contributed by atoms with van der Waals surface area (Å²) in [4.78, 5) is 33.1. The molecule has 2 amide bonds. The molecule has 0 radical (unpaired) electrons. The van der Waals surface area contributed by atoms with Crippen molar-refractivity contribution in [3.05, 3.63) is 0 Å². The summed E-state index contributed by atoms with van der Waals surface area (Å²) >= 11 is 1.25. The molecular weight excluding hydrogens is 246 g/mol. The van der Waals surface area contributed by atoms with E-state index in [1.807, 2.05) is 0 Å². The van der Waals surface area contributed by atoms with Crippen LogP contribution in [0.4, 0.5) is 4.79 Å². The molecule has 0 bridgehead atoms. The van der Waals surface area contributed by atoms with Gasteiger partial charge in [-0.05, 0) is 6.92 Å². The van der Waals surface area contributed by atoms with Crippen molar-refractivity contribution in [2.75, 3.05) is 25.2 Å². The second-order valence-corrected chi connectivity index (χ2v) is 4.24. The molecule has 0 aromatic carbocycles. The predicted molar refractivity (Wildman–Crippen MR) is 63.7 cm³/mol. The average molecular weight is 263 g/mol. The third-order valence-electron chi connectivity index (χ3n) is 1.72. The van der Waals surface area contributed by atoms with Crippen molar-refractivity contribution in [3.8, 4) is 0 Å². The van der Waals surface area contributed by atoms with E-state index in [1.165, 1.54) is 18.9 Å². The molecule has 6 nitrogen and oxygen atoms in total. The van der Waals surface area contributed by atoms with Gasteiger partial charge in [-0.2, -0.15) is 11.8 Å². The van der Waals surface area contributed by atoms with E-state index in [0.29, 0.717) is 5.75 Å². The van der Waals surface area contributed by atoms with Gasteiger partial charge in [-0.3, -0.25) is 14.9 Å². The third-order valence-corrected chi connectivity index (χ3v) is 2.92. The first-order chi connectivity index (χ1) is 8.01. The highest BCUT2D eigenvalue weighted by atomic mass is 32.2. The Morgan fingerprint density at radius 1 is 1.35 bits per heavy atom. The molecule has 98 valence electrons. The first kappa shape index (κ1) is 15.8. The number of nitrogens with one attached hydrogen (secondary N) is 1. The van der Waals surface area contributed by atoms with Crippen LogP contribution in [0.3, 0.4) is 0 Å². The fourth-order valence-electron chi connectivity index (χ4n) is 0.915. The predicted octanol–water partition coefficient (Wildman–Crippen LogP) is 0.801. The van der Waals surface area contributed by atoms with Gasteiger partial charge >= 0.3 is 12.1 Å². The minimum atomic E-state index is -0.751. The molecule has 0 rings (SSSR count). The van der Waals surface area contributed by atoms with Crippen molar-refractivity contribution in [3.63, 3.8) is 0 Å². The van der Waals surface area contributed by atoms with Gasteiger partial charge in [0.25, 0.3) is 0 Å². The number of alkyl carbamates (subject to hydrolysis) is 1. The van der Waals surface area contributed by atoms with Crippen LogP contribution in [-0.2, 0) is 19.1 Å². The lowest BCUT2D eigenvalue weighted by Gasteiger charge is -2.08. The number of carbonyl (C=O) groups excluding carboxylic acids is 3. The molecule has 0 aromatic heterocycles. The molecule has 7 heteroatoms. The molecule has 0 fully saturated rings. The standard InChI is InChI=1S/C10H17NO5S/c1-4-16-10(14)11-8(12)6-17-5-7(2)9(13)15-3/h7H,4-6H2,1-3H3,(H,11,12,14). The normalized spacial score (nSPS) is 11.5. The third kappa shape index (κ3) is 7.62. The SMILES string of the molecule is CCOC(=O)NC(=O)CSCC(C)C(=O)OC. The summed E-state index contributed by atoms with van der Waals surface area (Å²) in [6.07, 6.45) is -0.751. The number of imide groups is 1. The Morgan fingerprint density at radius 3 is 2.53 bits per heavy atom. The van der Waals surface area contributed by atoms with Gasteiger partial charge in [0.2, 0.25) is 5.91 Å². The van der Waals surface area contributed by atoms with E-state index in [9.17, 15) is 14.4 Å². The number of ether oxygens (including phenoxy) is 2. The van der Waals surface area contributed by atoms with E-state index in [0.717, 1.165) is 0 Å². The van der Waals surface area contributed by atoms with Crippen LogP contribution < -0.4 is 5.32 Å². The highest BCUT2D eigenvalue weighted by Gasteiger charge is 2.14. The lowest BCUT2D eigenvalue weighted by Crippen LogP contribution is -2.32.